The maximum Gasteiger partial charge on any atom is 0.0931 e. The highest BCUT2D eigenvalue weighted by Gasteiger charge is 2.23. The minimum absolute atomic E-state index is 0.738. The molecule has 1 N–H and O–H groups in total. The summed E-state index contributed by atoms with van der Waals surface area (Å²) >= 11 is 7.65. The van der Waals surface area contributed by atoms with E-state index in [1.54, 1.807) is 11.3 Å². The second kappa shape index (κ2) is 6.93. The highest BCUT2D eigenvalue weighted by molar-refractivity contribution is 7.16. The third kappa shape index (κ3) is 4.25. The Kier molecular flexibility index (Phi) is 5.53. The van der Waals surface area contributed by atoms with Gasteiger partial charge in [-0.15, -0.1) is 11.3 Å². The van der Waals surface area contributed by atoms with Crippen LogP contribution in [0.5, 0.6) is 0 Å². The first-order valence-electron chi connectivity index (χ1n) is 7.12. The molecule has 1 aliphatic rings. The van der Waals surface area contributed by atoms with Crippen molar-refractivity contribution < 1.29 is 0 Å². The number of hydrogen-bond donors (Lipinski definition) is 1. The van der Waals surface area contributed by atoms with Crippen LogP contribution >= 0.6 is 22.9 Å². The van der Waals surface area contributed by atoms with E-state index in [0.29, 0.717) is 0 Å². The third-order valence-electron chi connectivity index (χ3n) is 4.09. The summed E-state index contributed by atoms with van der Waals surface area (Å²) in [6.45, 7) is 5.81. The first kappa shape index (κ1) is 14.4. The highest BCUT2D eigenvalue weighted by Crippen LogP contribution is 2.30. The Hall–Kier alpha value is -0.0500. The van der Waals surface area contributed by atoms with E-state index >= 15 is 0 Å². The molecular weight excluding hydrogens is 262 g/mol. The summed E-state index contributed by atoms with van der Waals surface area (Å²) in [7, 11) is 0. The first-order chi connectivity index (χ1) is 8.65. The van der Waals surface area contributed by atoms with Crippen molar-refractivity contribution in [3.8, 4) is 0 Å². The Morgan fingerprint density at radius 2 is 2.22 bits per heavy atom. The molecule has 2 unspecified atom stereocenters. The summed E-state index contributed by atoms with van der Waals surface area (Å²) in [6.07, 6.45) is 6.65. The molecule has 0 radical (unpaired) electrons. The molecule has 2 atom stereocenters. The van der Waals surface area contributed by atoms with Crippen LogP contribution in [0.25, 0.3) is 0 Å². The molecule has 0 amide bonds. The Morgan fingerprint density at radius 3 is 2.89 bits per heavy atom. The first-order valence-corrected chi connectivity index (χ1v) is 8.32. The molecule has 1 heterocycles. The van der Waals surface area contributed by atoms with Crippen molar-refractivity contribution in [1.29, 1.82) is 0 Å². The van der Waals surface area contributed by atoms with Crippen LogP contribution in [-0.4, -0.2) is 12.6 Å². The lowest BCUT2D eigenvalue weighted by molar-refractivity contribution is 0.232. The molecule has 1 fully saturated rings. The number of halogens is 1. The summed E-state index contributed by atoms with van der Waals surface area (Å²) in [4.78, 5) is 1.39. The van der Waals surface area contributed by atoms with Crippen LogP contribution in [0, 0.1) is 11.8 Å². The lowest BCUT2D eigenvalue weighted by atomic mass is 9.79. The third-order valence-corrected chi connectivity index (χ3v) is 5.38. The molecule has 18 heavy (non-hydrogen) atoms. The standard InChI is InChI=1S/C15H24ClNS/c1-11(2)12-4-3-5-13(10-12)17-9-8-14-6-7-15(16)18-14/h6-7,11-13,17H,3-5,8-10H2,1-2H3. The minimum Gasteiger partial charge on any atom is -0.314 e. The van der Waals surface area contributed by atoms with Gasteiger partial charge in [-0.25, -0.2) is 0 Å². The average Bonchev–Trinajstić information content (AvgIpc) is 2.75. The van der Waals surface area contributed by atoms with E-state index in [0.717, 1.165) is 35.2 Å². The fourth-order valence-electron chi connectivity index (χ4n) is 2.90. The largest absolute Gasteiger partial charge is 0.314 e. The number of rotatable bonds is 5. The van der Waals surface area contributed by atoms with Gasteiger partial charge in [-0.3, -0.25) is 0 Å². The quantitative estimate of drug-likeness (QED) is 0.823. The van der Waals surface area contributed by atoms with E-state index in [1.807, 2.05) is 6.07 Å². The monoisotopic (exact) mass is 285 g/mol. The maximum atomic E-state index is 5.94. The van der Waals surface area contributed by atoms with Crippen molar-refractivity contribution in [2.24, 2.45) is 11.8 Å². The van der Waals surface area contributed by atoms with Gasteiger partial charge in [0, 0.05) is 17.5 Å². The van der Waals surface area contributed by atoms with Gasteiger partial charge in [0.2, 0.25) is 0 Å². The predicted molar refractivity (Wildman–Crippen MR) is 81.6 cm³/mol. The van der Waals surface area contributed by atoms with Gasteiger partial charge in [-0.1, -0.05) is 38.3 Å². The Balaban J connectivity index is 1.70. The van der Waals surface area contributed by atoms with Crippen molar-refractivity contribution >= 4 is 22.9 Å². The van der Waals surface area contributed by atoms with E-state index in [9.17, 15) is 0 Å². The molecule has 2 rings (SSSR count). The molecule has 1 nitrogen and oxygen atoms in total. The smallest absolute Gasteiger partial charge is 0.0931 e. The zero-order chi connectivity index (χ0) is 13.0. The van der Waals surface area contributed by atoms with Crippen LogP contribution in [0.15, 0.2) is 12.1 Å². The second-order valence-corrected chi connectivity index (χ2v) is 7.58. The molecule has 3 heteroatoms. The van der Waals surface area contributed by atoms with Crippen LogP contribution in [0.1, 0.15) is 44.4 Å². The van der Waals surface area contributed by atoms with Crippen molar-refractivity contribution in [1.82, 2.24) is 5.32 Å². The Morgan fingerprint density at radius 1 is 1.39 bits per heavy atom. The fourth-order valence-corrected chi connectivity index (χ4v) is 3.99. The minimum atomic E-state index is 0.738. The Bertz CT molecular complexity index is 361. The normalized spacial score (nSPS) is 24.7. The molecule has 1 aromatic heterocycles. The van der Waals surface area contributed by atoms with Crippen LogP contribution in [0.2, 0.25) is 4.34 Å². The van der Waals surface area contributed by atoms with Gasteiger partial charge < -0.3 is 5.32 Å². The van der Waals surface area contributed by atoms with Crippen LogP contribution in [0.3, 0.4) is 0 Å². The van der Waals surface area contributed by atoms with Crippen molar-refractivity contribution in [2.75, 3.05) is 6.54 Å². The zero-order valence-corrected chi connectivity index (χ0v) is 13.0. The predicted octanol–water partition coefficient (Wildman–Crippen LogP) is 4.75. The topological polar surface area (TPSA) is 12.0 Å². The van der Waals surface area contributed by atoms with E-state index in [4.69, 9.17) is 11.6 Å². The van der Waals surface area contributed by atoms with E-state index in [-0.39, 0.29) is 0 Å². The average molecular weight is 286 g/mol. The zero-order valence-electron chi connectivity index (χ0n) is 11.4. The van der Waals surface area contributed by atoms with E-state index in [2.05, 4.69) is 25.2 Å². The summed E-state index contributed by atoms with van der Waals surface area (Å²) in [5, 5.41) is 3.73. The number of nitrogens with one attached hydrogen (secondary N) is 1. The fraction of sp³-hybridized carbons (Fsp3) is 0.733. The molecular formula is C15H24ClNS. The van der Waals surface area contributed by atoms with Crippen LogP contribution in [0.4, 0.5) is 0 Å². The molecule has 0 bridgehead atoms. The summed E-state index contributed by atoms with van der Waals surface area (Å²) in [5.41, 5.74) is 0. The van der Waals surface area contributed by atoms with Crippen molar-refractivity contribution in [3.05, 3.63) is 21.3 Å². The molecule has 102 valence electrons. The summed E-state index contributed by atoms with van der Waals surface area (Å²) in [6, 6.07) is 4.88. The maximum absolute atomic E-state index is 5.94. The van der Waals surface area contributed by atoms with E-state index in [1.165, 1.54) is 30.6 Å². The van der Waals surface area contributed by atoms with Gasteiger partial charge in [-0.2, -0.15) is 0 Å². The SMILES string of the molecule is CC(C)C1CCCC(NCCc2ccc(Cl)s2)C1. The van der Waals surface area contributed by atoms with Crippen molar-refractivity contribution in [3.63, 3.8) is 0 Å². The molecule has 1 aliphatic carbocycles. The van der Waals surface area contributed by atoms with E-state index < -0.39 is 0 Å². The Labute approximate surface area is 120 Å². The summed E-state index contributed by atoms with van der Waals surface area (Å²) in [5.74, 6) is 1.76. The van der Waals surface area contributed by atoms with Gasteiger partial charge >= 0.3 is 0 Å². The van der Waals surface area contributed by atoms with Crippen LogP contribution < -0.4 is 5.32 Å². The molecule has 0 saturated heterocycles. The molecule has 0 aliphatic heterocycles. The highest BCUT2D eigenvalue weighted by atomic mass is 35.5. The van der Waals surface area contributed by atoms with Crippen LogP contribution in [-0.2, 0) is 6.42 Å². The van der Waals surface area contributed by atoms with Gasteiger partial charge in [0.1, 0.15) is 0 Å². The molecule has 0 aromatic carbocycles. The lowest BCUT2D eigenvalue weighted by Crippen LogP contribution is -2.36. The van der Waals surface area contributed by atoms with Gasteiger partial charge in [0.25, 0.3) is 0 Å². The van der Waals surface area contributed by atoms with Crippen molar-refractivity contribution in [2.45, 2.75) is 52.0 Å². The van der Waals surface area contributed by atoms with Gasteiger partial charge in [0.05, 0.1) is 4.34 Å². The molecule has 1 aromatic rings. The lowest BCUT2D eigenvalue weighted by Gasteiger charge is -2.32. The molecule has 1 saturated carbocycles. The number of thiophene rings is 1. The van der Waals surface area contributed by atoms with Gasteiger partial charge in [-0.05, 0) is 43.2 Å². The van der Waals surface area contributed by atoms with Gasteiger partial charge in [0.15, 0.2) is 0 Å². The second-order valence-electron chi connectivity index (χ2n) is 5.78. The summed E-state index contributed by atoms with van der Waals surface area (Å²) < 4.78 is 0.905. The molecule has 0 spiro atoms. The number of hydrogen-bond acceptors (Lipinski definition) is 2.